The molecule has 1 atom stereocenters. The number of amides is 2. The maximum atomic E-state index is 14.4. The van der Waals surface area contributed by atoms with Gasteiger partial charge in [-0.1, -0.05) is 25.3 Å². The van der Waals surface area contributed by atoms with Crippen molar-refractivity contribution in [3.8, 4) is 17.0 Å². The number of ether oxygens (including phenoxy) is 1. The number of methoxy groups -OCH3 is 1. The van der Waals surface area contributed by atoms with Crippen molar-refractivity contribution in [2.45, 2.75) is 89.3 Å². The molecule has 9 nitrogen and oxygen atoms in total. The van der Waals surface area contributed by atoms with E-state index in [0.29, 0.717) is 18.0 Å². The number of hydrogen-bond donors (Lipinski definition) is 2. The molecule has 3 aromatic rings. The minimum atomic E-state index is -3.80. The predicted octanol–water partition coefficient (Wildman–Crippen LogP) is 5.82. The van der Waals surface area contributed by atoms with E-state index in [1.807, 2.05) is 24.3 Å². The lowest BCUT2D eigenvalue weighted by Crippen LogP contribution is -2.39. The summed E-state index contributed by atoms with van der Waals surface area (Å²) in [7, 11) is -2.14. The van der Waals surface area contributed by atoms with E-state index in [4.69, 9.17) is 4.74 Å². The second-order valence-corrected chi connectivity index (χ2v) is 17.1. The Kier molecular flexibility index (Phi) is 8.40. The maximum absolute atomic E-state index is 14.4. The Balaban J connectivity index is 1.35. The van der Waals surface area contributed by atoms with Crippen LogP contribution < -0.4 is 14.8 Å². The quantitative estimate of drug-likeness (QED) is 0.299. The van der Waals surface area contributed by atoms with Gasteiger partial charge in [0.1, 0.15) is 5.75 Å². The molecule has 1 spiro atoms. The summed E-state index contributed by atoms with van der Waals surface area (Å²) in [5.74, 6) is 0.743. The maximum Gasteiger partial charge on any atom is 0.264 e. The Morgan fingerprint density at radius 3 is 2.40 bits per heavy atom. The normalized spacial score (nSPS) is 22.8. The van der Waals surface area contributed by atoms with Crippen LogP contribution >= 0.6 is 0 Å². The van der Waals surface area contributed by atoms with E-state index in [1.54, 1.807) is 27.0 Å². The van der Waals surface area contributed by atoms with E-state index in [-0.39, 0.29) is 11.3 Å². The molecular weight excluding hydrogens is 612 g/mol. The molecule has 2 aliphatic heterocycles. The zero-order chi connectivity index (χ0) is 33.0. The molecule has 2 aromatic carbocycles. The molecule has 10 heteroatoms. The number of fused-ring (bicyclic) bond motifs is 1. The van der Waals surface area contributed by atoms with E-state index in [1.165, 1.54) is 24.8 Å². The third kappa shape index (κ3) is 5.96. The van der Waals surface area contributed by atoms with Gasteiger partial charge in [-0.3, -0.25) is 9.59 Å². The lowest BCUT2D eigenvalue weighted by Gasteiger charge is -2.28. The second kappa shape index (κ2) is 12.3. The molecular formula is C37H48N4O5S. The zero-order valence-electron chi connectivity index (χ0n) is 27.9. The number of sulfonamides is 1. The first-order valence-corrected chi connectivity index (χ1v) is 19.0. The topological polar surface area (TPSA) is 110 Å². The number of carbonyl (C=O) groups excluding carboxylic acids is 2. The van der Waals surface area contributed by atoms with Gasteiger partial charge in [0.2, 0.25) is 15.9 Å². The largest absolute Gasteiger partial charge is 0.497 e. The average Bonchev–Trinajstić information content (AvgIpc) is 3.38. The van der Waals surface area contributed by atoms with E-state index >= 15 is 0 Å². The molecule has 4 fully saturated rings. The second-order valence-electron chi connectivity index (χ2n) is 14.9. The smallest absolute Gasteiger partial charge is 0.264 e. The average molecular weight is 661 g/mol. The molecule has 1 unspecified atom stereocenters. The zero-order valence-corrected chi connectivity index (χ0v) is 28.8. The van der Waals surface area contributed by atoms with Crippen LogP contribution in [0.4, 0.5) is 0 Å². The van der Waals surface area contributed by atoms with E-state index < -0.39 is 26.6 Å². The fourth-order valence-electron chi connectivity index (χ4n) is 8.33. The van der Waals surface area contributed by atoms with Crippen LogP contribution in [0, 0.1) is 10.8 Å². The van der Waals surface area contributed by atoms with Crippen LogP contribution in [0.15, 0.2) is 42.5 Å². The molecule has 2 aliphatic carbocycles. The monoisotopic (exact) mass is 660 g/mol. The molecule has 252 valence electrons. The number of rotatable bonds is 9. The summed E-state index contributed by atoms with van der Waals surface area (Å²) in [5, 5.41) is 3.85. The Morgan fingerprint density at radius 2 is 1.77 bits per heavy atom. The van der Waals surface area contributed by atoms with E-state index in [0.717, 1.165) is 92.6 Å². The van der Waals surface area contributed by atoms with Crippen LogP contribution in [0.1, 0.15) is 93.5 Å². The van der Waals surface area contributed by atoms with Crippen molar-refractivity contribution in [2.75, 3.05) is 33.3 Å². The molecule has 2 saturated carbocycles. The number of hydrogen-bond acceptors (Lipinski definition) is 6. The number of aromatic nitrogens is 1. The molecule has 0 bridgehead atoms. The van der Waals surface area contributed by atoms with Gasteiger partial charge in [-0.25, -0.2) is 13.1 Å². The Bertz CT molecular complexity index is 1780. The molecule has 1 aromatic heterocycles. The summed E-state index contributed by atoms with van der Waals surface area (Å²) in [4.78, 5) is 29.9. The van der Waals surface area contributed by atoms with Crippen LogP contribution in [0.25, 0.3) is 22.2 Å². The fraction of sp³-hybridized carbons (Fsp3) is 0.568. The minimum Gasteiger partial charge on any atom is -0.497 e. The van der Waals surface area contributed by atoms with Gasteiger partial charge in [-0.05, 0) is 112 Å². The lowest BCUT2D eigenvalue weighted by molar-refractivity contribution is -0.136. The van der Waals surface area contributed by atoms with Crippen LogP contribution in [-0.4, -0.2) is 68.2 Å². The number of nitrogens with zero attached hydrogens (tertiary/aromatic N) is 2. The van der Waals surface area contributed by atoms with Gasteiger partial charge in [-0.2, -0.15) is 0 Å². The van der Waals surface area contributed by atoms with Crippen molar-refractivity contribution >= 4 is 32.7 Å². The van der Waals surface area contributed by atoms with Crippen molar-refractivity contribution in [2.24, 2.45) is 10.8 Å². The standard InChI is InChI=1S/C37H48N4O5S/c1-25(2)47(44,45)39-34(42)28-11-14-30-31(21-28)41(24-37(15-16-37)35(43)40-20-18-36(23-40)17-19-38-22-36)33(27-9-12-29(46-3)13-10-27)32(30)26-7-5-4-6-8-26/h9-14,21,25-26,38H,4-8,15-20,22-24H2,1-3H3,(H,39,42). The van der Waals surface area contributed by atoms with Crippen LogP contribution in [-0.2, 0) is 21.4 Å². The summed E-state index contributed by atoms with van der Waals surface area (Å²) in [6, 6.07) is 13.7. The number of likely N-dealkylation sites (tertiary alicyclic amines) is 1. The molecule has 2 amide bonds. The van der Waals surface area contributed by atoms with Crippen molar-refractivity contribution < 1.29 is 22.7 Å². The highest BCUT2D eigenvalue weighted by molar-refractivity contribution is 7.90. The van der Waals surface area contributed by atoms with Gasteiger partial charge >= 0.3 is 0 Å². The van der Waals surface area contributed by atoms with Gasteiger partial charge < -0.3 is 19.5 Å². The van der Waals surface area contributed by atoms with Gasteiger partial charge in [0.15, 0.2) is 0 Å². The Morgan fingerprint density at radius 1 is 1.02 bits per heavy atom. The molecule has 47 heavy (non-hydrogen) atoms. The predicted molar refractivity (Wildman–Crippen MR) is 184 cm³/mol. The Hall–Kier alpha value is -3.37. The summed E-state index contributed by atoms with van der Waals surface area (Å²) < 4.78 is 35.4. The van der Waals surface area contributed by atoms with Gasteiger partial charge in [0.05, 0.1) is 23.5 Å². The third-order valence-electron chi connectivity index (χ3n) is 11.4. The summed E-state index contributed by atoms with van der Waals surface area (Å²) >= 11 is 0. The first-order chi connectivity index (χ1) is 22.5. The van der Waals surface area contributed by atoms with E-state index in [2.05, 4.69) is 31.6 Å². The highest BCUT2D eigenvalue weighted by Gasteiger charge is 2.55. The van der Waals surface area contributed by atoms with Crippen LogP contribution in [0.3, 0.4) is 0 Å². The van der Waals surface area contributed by atoms with Crippen molar-refractivity contribution in [1.29, 1.82) is 0 Å². The van der Waals surface area contributed by atoms with Crippen LogP contribution in [0.5, 0.6) is 5.75 Å². The molecule has 2 N–H and O–H groups in total. The minimum absolute atomic E-state index is 0.201. The SMILES string of the molecule is COc1ccc(-c2c(C3CCCCC3)c3ccc(C(=O)NS(=O)(=O)C(C)C)cc3n2CC2(C(=O)N3CCC4(CCNC4)C3)CC2)cc1. The fourth-order valence-corrected chi connectivity index (χ4v) is 8.95. The summed E-state index contributed by atoms with van der Waals surface area (Å²) in [5.41, 5.74) is 4.30. The number of benzene rings is 2. The van der Waals surface area contributed by atoms with Crippen molar-refractivity contribution in [1.82, 2.24) is 19.5 Å². The molecule has 0 radical (unpaired) electrons. The number of carbonyl (C=O) groups is 2. The summed E-state index contributed by atoms with van der Waals surface area (Å²) in [6.07, 6.45) is 9.58. The molecule has 7 rings (SSSR count). The van der Waals surface area contributed by atoms with E-state index in [9.17, 15) is 18.0 Å². The van der Waals surface area contributed by atoms with Gasteiger partial charge in [-0.15, -0.1) is 0 Å². The molecule has 4 aliphatic rings. The van der Waals surface area contributed by atoms with Gasteiger partial charge in [0.25, 0.3) is 5.91 Å². The summed E-state index contributed by atoms with van der Waals surface area (Å²) in [6.45, 7) is 7.26. The van der Waals surface area contributed by atoms with Gasteiger partial charge in [0, 0.05) is 48.1 Å². The molecule has 2 saturated heterocycles. The lowest BCUT2D eigenvalue weighted by atomic mass is 9.81. The highest BCUT2D eigenvalue weighted by atomic mass is 32.2. The van der Waals surface area contributed by atoms with Crippen molar-refractivity contribution in [3.05, 3.63) is 53.6 Å². The first kappa shape index (κ1) is 32.2. The molecule has 3 heterocycles. The van der Waals surface area contributed by atoms with Crippen molar-refractivity contribution in [3.63, 3.8) is 0 Å². The van der Waals surface area contributed by atoms with Crippen LogP contribution in [0.2, 0.25) is 0 Å². The number of nitrogens with one attached hydrogen (secondary N) is 2. The highest BCUT2D eigenvalue weighted by Crippen LogP contribution is 2.53. The Labute approximate surface area is 278 Å². The third-order valence-corrected chi connectivity index (χ3v) is 13.1. The first-order valence-electron chi connectivity index (χ1n) is 17.4.